The van der Waals surface area contributed by atoms with Crippen molar-refractivity contribution in [2.24, 2.45) is 5.92 Å². The molecule has 16 heavy (non-hydrogen) atoms. The monoisotopic (exact) mass is 238 g/mol. The van der Waals surface area contributed by atoms with E-state index in [1.54, 1.807) is 11.3 Å². The Morgan fingerprint density at radius 2 is 2.25 bits per heavy atom. The highest BCUT2D eigenvalue weighted by Gasteiger charge is 2.34. The molecule has 1 fully saturated rings. The molecular formula is C14H22OS. The molecule has 1 aromatic heterocycles. The Hall–Kier alpha value is -0.340. The highest BCUT2D eigenvalue weighted by Crippen LogP contribution is 2.41. The van der Waals surface area contributed by atoms with E-state index in [1.807, 2.05) is 0 Å². The fourth-order valence-corrected chi connectivity index (χ4v) is 3.97. The van der Waals surface area contributed by atoms with E-state index in [2.05, 4.69) is 25.3 Å². The van der Waals surface area contributed by atoms with Gasteiger partial charge >= 0.3 is 0 Å². The summed E-state index contributed by atoms with van der Waals surface area (Å²) in [5, 5.41) is 12.9. The normalized spacial score (nSPS) is 31.3. The summed E-state index contributed by atoms with van der Waals surface area (Å²) in [5.41, 5.74) is 0.741. The van der Waals surface area contributed by atoms with Gasteiger partial charge in [-0.15, -0.1) is 11.3 Å². The second-order valence-electron chi connectivity index (χ2n) is 5.17. The van der Waals surface area contributed by atoms with E-state index in [-0.39, 0.29) is 0 Å². The quantitative estimate of drug-likeness (QED) is 0.764. The van der Waals surface area contributed by atoms with Crippen LogP contribution in [0.4, 0.5) is 0 Å². The summed E-state index contributed by atoms with van der Waals surface area (Å²) in [4.78, 5) is 1.21. The molecule has 1 saturated carbocycles. The third-order valence-electron chi connectivity index (χ3n) is 4.03. The molecule has 1 aliphatic carbocycles. The summed E-state index contributed by atoms with van der Waals surface area (Å²) in [5.74, 6) is 0.828. The Bertz CT molecular complexity index is 344. The van der Waals surface area contributed by atoms with Crippen molar-refractivity contribution in [1.82, 2.24) is 0 Å². The van der Waals surface area contributed by atoms with Gasteiger partial charge in [-0.25, -0.2) is 0 Å². The summed E-state index contributed by atoms with van der Waals surface area (Å²) in [6.07, 6.45) is 6.82. The molecule has 2 heteroatoms. The van der Waals surface area contributed by atoms with Crippen LogP contribution >= 0.6 is 11.3 Å². The van der Waals surface area contributed by atoms with Crippen LogP contribution in [0.25, 0.3) is 0 Å². The lowest BCUT2D eigenvalue weighted by Gasteiger charge is -2.26. The average molecular weight is 238 g/mol. The molecule has 0 saturated heterocycles. The predicted molar refractivity (Wildman–Crippen MR) is 69.8 cm³/mol. The van der Waals surface area contributed by atoms with E-state index in [0.717, 1.165) is 18.8 Å². The van der Waals surface area contributed by atoms with Crippen molar-refractivity contribution in [3.05, 3.63) is 21.9 Å². The number of rotatable bonds is 2. The SMILES string of the molecule is CCC1CCCC(O)(c2sccc2C)CC1. The molecule has 1 heterocycles. The fraction of sp³-hybridized carbons (Fsp3) is 0.714. The van der Waals surface area contributed by atoms with E-state index in [9.17, 15) is 5.11 Å². The maximum absolute atomic E-state index is 10.8. The minimum Gasteiger partial charge on any atom is -0.384 e. The first kappa shape index (κ1) is 12.1. The topological polar surface area (TPSA) is 20.2 Å². The number of aliphatic hydroxyl groups is 1. The molecular weight excluding hydrogens is 216 g/mol. The van der Waals surface area contributed by atoms with Crippen LogP contribution in [0.15, 0.2) is 11.4 Å². The lowest BCUT2D eigenvalue weighted by Crippen LogP contribution is -2.24. The van der Waals surface area contributed by atoms with Crippen LogP contribution in [0.1, 0.15) is 55.9 Å². The van der Waals surface area contributed by atoms with Gasteiger partial charge in [-0.05, 0) is 55.5 Å². The Kier molecular flexibility index (Phi) is 3.70. The third-order valence-corrected chi connectivity index (χ3v) is 5.24. The molecule has 90 valence electrons. The molecule has 0 amide bonds. The molecule has 0 bridgehead atoms. The number of thiophene rings is 1. The number of hydrogen-bond donors (Lipinski definition) is 1. The second-order valence-corrected chi connectivity index (χ2v) is 6.09. The van der Waals surface area contributed by atoms with Gasteiger partial charge in [0.1, 0.15) is 0 Å². The first-order valence-corrected chi connectivity index (χ1v) is 7.30. The van der Waals surface area contributed by atoms with Gasteiger partial charge in [0.05, 0.1) is 5.60 Å². The summed E-state index contributed by atoms with van der Waals surface area (Å²) in [6, 6.07) is 2.13. The molecule has 1 nitrogen and oxygen atoms in total. The Morgan fingerprint density at radius 1 is 1.44 bits per heavy atom. The zero-order valence-electron chi connectivity index (χ0n) is 10.3. The van der Waals surface area contributed by atoms with E-state index in [0.29, 0.717) is 0 Å². The zero-order chi connectivity index (χ0) is 11.6. The second kappa shape index (κ2) is 4.89. The number of aryl methyl sites for hydroxylation is 1. The highest BCUT2D eigenvalue weighted by atomic mass is 32.1. The van der Waals surface area contributed by atoms with E-state index in [4.69, 9.17) is 0 Å². The van der Waals surface area contributed by atoms with Crippen molar-refractivity contribution in [1.29, 1.82) is 0 Å². The van der Waals surface area contributed by atoms with E-state index >= 15 is 0 Å². The van der Waals surface area contributed by atoms with Crippen molar-refractivity contribution in [2.75, 3.05) is 0 Å². The van der Waals surface area contributed by atoms with Gasteiger partial charge in [0.2, 0.25) is 0 Å². The molecule has 1 aromatic rings. The van der Waals surface area contributed by atoms with Crippen molar-refractivity contribution in [3.8, 4) is 0 Å². The van der Waals surface area contributed by atoms with Crippen molar-refractivity contribution in [3.63, 3.8) is 0 Å². The van der Waals surface area contributed by atoms with Crippen LogP contribution in [0.2, 0.25) is 0 Å². The summed E-state index contributed by atoms with van der Waals surface area (Å²) in [7, 11) is 0. The molecule has 2 atom stereocenters. The Morgan fingerprint density at radius 3 is 2.88 bits per heavy atom. The van der Waals surface area contributed by atoms with Gasteiger partial charge in [-0.3, -0.25) is 0 Å². The molecule has 0 aliphatic heterocycles. The zero-order valence-corrected chi connectivity index (χ0v) is 11.1. The van der Waals surface area contributed by atoms with Crippen molar-refractivity contribution >= 4 is 11.3 Å². The Balaban J connectivity index is 2.16. The molecule has 1 aliphatic rings. The number of hydrogen-bond acceptors (Lipinski definition) is 2. The van der Waals surface area contributed by atoms with E-state index < -0.39 is 5.60 Å². The maximum atomic E-state index is 10.8. The highest BCUT2D eigenvalue weighted by molar-refractivity contribution is 7.10. The van der Waals surface area contributed by atoms with E-state index in [1.165, 1.54) is 36.1 Å². The minimum absolute atomic E-state index is 0.526. The van der Waals surface area contributed by atoms with Crippen molar-refractivity contribution < 1.29 is 5.11 Å². The van der Waals surface area contributed by atoms with Gasteiger partial charge in [-0.1, -0.05) is 19.8 Å². The summed E-state index contributed by atoms with van der Waals surface area (Å²) < 4.78 is 0. The van der Waals surface area contributed by atoms with Gasteiger partial charge < -0.3 is 5.11 Å². The summed E-state index contributed by atoms with van der Waals surface area (Å²) >= 11 is 1.72. The molecule has 2 unspecified atom stereocenters. The van der Waals surface area contributed by atoms with Gasteiger partial charge in [-0.2, -0.15) is 0 Å². The molecule has 1 N–H and O–H groups in total. The van der Waals surface area contributed by atoms with Crippen molar-refractivity contribution in [2.45, 2.75) is 58.0 Å². The summed E-state index contributed by atoms with van der Waals surface area (Å²) in [6.45, 7) is 4.39. The smallest absolute Gasteiger partial charge is 0.0990 e. The third kappa shape index (κ3) is 2.33. The van der Waals surface area contributed by atoms with Crippen LogP contribution in [0.5, 0.6) is 0 Å². The van der Waals surface area contributed by atoms with Gasteiger partial charge in [0, 0.05) is 4.88 Å². The first-order valence-electron chi connectivity index (χ1n) is 6.42. The van der Waals surface area contributed by atoms with Crippen LogP contribution < -0.4 is 0 Å². The molecule has 0 radical (unpaired) electrons. The standard InChI is InChI=1S/C14H22OS/c1-3-12-5-4-8-14(15,9-6-12)13-11(2)7-10-16-13/h7,10,12,15H,3-6,8-9H2,1-2H3. The lowest BCUT2D eigenvalue weighted by molar-refractivity contribution is 0.0227. The van der Waals surface area contributed by atoms with Gasteiger partial charge in [0.25, 0.3) is 0 Å². The fourth-order valence-electron chi connectivity index (χ4n) is 2.88. The lowest BCUT2D eigenvalue weighted by atomic mass is 9.90. The largest absolute Gasteiger partial charge is 0.384 e. The van der Waals surface area contributed by atoms with Crippen LogP contribution in [-0.4, -0.2) is 5.11 Å². The first-order chi connectivity index (χ1) is 7.65. The van der Waals surface area contributed by atoms with Crippen LogP contribution in [0.3, 0.4) is 0 Å². The molecule has 0 aromatic carbocycles. The Labute approximate surface area is 103 Å². The average Bonchev–Trinajstić information content (AvgIpc) is 2.60. The molecule has 0 spiro atoms. The van der Waals surface area contributed by atoms with Crippen LogP contribution in [0, 0.1) is 12.8 Å². The van der Waals surface area contributed by atoms with Crippen LogP contribution in [-0.2, 0) is 5.60 Å². The molecule has 2 rings (SSSR count). The predicted octanol–water partition coefficient (Wildman–Crippen LogP) is 4.23. The minimum atomic E-state index is -0.526. The maximum Gasteiger partial charge on any atom is 0.0990 e. The van der Waals surface area contributed by atoms with Gasteiger partial charge in [0.15, 0.2) is 0 Å².